The number of piperidine rings is 1. The van der Waals surface area contributed by atoms with E-state index in [1.807, 2.05) is 0 Å². The van der Waals surface area contributed by atoms with Gasteiger partial charge >= 0.3 is 0 Å². The van der Waals surface area contributed by atoms with E-state index in [0.29, 0.717) is 6.54 Å². The minimum atomic E-state index is 0.155. The molecule has 0 aromatic heterocycles. The summed E-state index contributed by atoms with van der Waals surface area (Å²) >= 11 is 0. The highest BCUT2D eigenvalue weighted by Gasteiger charge is 2.24. The number of nitrogens with one attached hydrogen (secondary N) is 2. The molecule has 3 nitrogen and oxygen atoms in total. The fraction of sp³-hybridized carbons (Fsp3) is 0.458. The lowest BCUT2D eigenvalue weighted by atomic mass is 9.90. The summed E-state index contributed by atoms with van der Waals surface area (Å²) in [6.45, 7) is 7.07. The van der Waals surface area contributed by atoms with Crippen molar-refractivity contribution in [2.45, 2.75) is 46.0 Å². The van der Waals surface area contributed by atoms with Crippen molar-refractivity contribution in [2.24, 2.45) is 5.92 Å². The first kappa shape index (κ1) is 19.6. The Kier molecular flexibility index (Phi) is 7.05. The highest BCUT2D eigenvalue weighted by Crippen LogP contribution is 2.22. The number of anilines is 1. The summed E-state index contributed by atoms with van der Waals surface area (Å²) in [7, 11) is 0. The Morgan fingerprint density at radius 2 is 1.59 bits per heavy atom. The fourth-order valence-electron chi connectivity index (χ4n) is 4.23. The molecule has 1 heterocycles. The topological polar surface area (TPSA) is 33.5 Å². The average Bonchev–Trinajstić information content (AvgIpc) is 2.70. The van der Waals surface area contributed by atoms with Gasteiger partial charge < -0.3 is 10.2 Å². The summed E-state index contributed by atoms with van der Waals surface area (Å²) in [5.41, 5.74) is 4.95. The van der Waals surface area contributed by atoms with E-state index in [0.717, 1.165) is 37.5 Å². The standard InChI is InChI=1S/C24H32N2O/c1-3-21-11-8-12-22(4-2)24(21)25-23(27)18-26-15-13-20(14-16-26)17-19-9-6-5-7-10-19/h5-12,20H,3-4,13-18H2,1-2H3,(H,25,27)/p+1. The molecule has 0 spiro atoms. The van der Waals surface area contributed by atoms with E-state index in [4.69, 9.17) is 0 Å². The average molecular weight is 366 g/mol. The van der Waals surface area contributed by atoms with Crippen LogP contribution in [0.25, 0.3) is 0 Å². The molecule has 0 aliphatic carbocycles. The summed E-state index contributed by atoms with van der Waals surface area (Å²) < 4.78 is 0. The van der Waals surface area contributed by atoms with Crippen molar-refractivity contribution in [1.82, 2.24) is 0 Å². The predicted octanol–water partition coefficient (Wildman–Crippen LogP) is 3.29. The van der Waals surface area contributed by atoms with Crippen LogP contribution in [0, 0.1) is 5.92 Å². The van der Waals surface area contributed by atoms with Crippen LogP contribution in [-0.2, 0) is 24.1 Å². The van der Waals surface area contributed by atoms with Gasteiger partial charge in [-0.2, -0.15) is 0 Å². The molecule has 2 aromatic carbocycles. The van der Waals surface area contributed by atoms with Gasteiger partial charge in [0.25, 0.3) is 5.91 Å². The van der Waals surface area contributed by atoms with E-state index in [1.54, 1.807) is 0 Å². The second kappa shape index (κ2) is 9.70. The monoisotopic (exact) mass is 365 g/mol. The molecule has 2 N–H and O–H groups in total. The molecular formula is C24H33N2O+. The third-order valence-corrected chi connectivity index (χ3v) is 5.85. The Morgan fingerprint density at radius 3 is 2.19 bits per heavy atom. The van der Waals surface area contributed by atoms with Gasteiger partial charge in [-0.15, -0.1) is 0 Å². The van der Waals surface area contributed by atoms with Crippen LogP contribution in [0.4, 0.5) is 5.69 Å². The quantitative estimate of drug-likeness (QED) is 0.776. The van der Waals surface area contributed by atoms with Gasteiger partial charge in [-0.25, -0.2) is 0 Å². The lowest BCUT2D eigenvalue weighted by Gasteiger charge is -2.29. The molecule has 3 heteroatoms. The molecule has 1 amide bonds. The number of likely N-dealkylation sites (tertiary alicyclic amines) is 1. The summed E-state index contributed by atoms with van der Waals surface area (Å²) in [6.07, 6.45) is 5.49. The molecule has 0 unspecified atom stereocenters. The van der Waals surface area contributed by atoms with Crippen LogP contribution in [-0.4, -0.2) is 25.5 Å². The predicted molar refractivity (Wildman–Crippen MR) is 112 cm³/mol. The summed E-state index contributed by atoms with van der Waals surface area (Å²) in [4.78, 5) is 14.1. The van der Waals surface area contributed by atoms with E-state index >= 15 is 0 Å². The van der Waals surface area contributed by atoms with Gasteiger partial charge in [-0.05, 0) is 54.7 Å². The number of benzene rings is 2. The van der Waals surface area contributed by atoms with Crippen LogP contribution < -0.4 is 10.2 Å². The van der Waals surface area contributed by atoms with Gasteiger partial charge in [-0.3, -0.25) is 4.79 Å². The van der Waals surface area contributed by atoms with Gasteiger partial charge in [0, 0.05) is 5.69 Å². The Morgan fingerprint density at radius 1 is 0.963 bits per heavy atom. The molecule has 0 atom stereocenters. The molecule has 3 rings (SSSR count). The van der Waals surface area contributed by atoms with Gasteiger partial charge in [-0.1, -0.05) is 62.4 Å². The SMILES string of the molecule is CCc1cccc(CC)c1NC(=O)C[NH+]1CCC(Cc2ccccc2)CC1. The van der Waals surface area contributed by atoms with Crippen molar-refractivity contribution < 1.29 is 9.69 Å². The van der Waals surface area contributed by atoms with Gasteiger partial charge in [0.15, 0.2) is 6.54 Å². The highest BCUT2D eigenvalue weighted by molar-refractivity contribution is 5.93. The molecule has 144 valence electrons. The fourth-order valence-corrected chi connectivity index (χ4v) is 4.23. The van der Waals surface area contributed by atoms with Gasteiger partial charge in [0.2, 0.25) is 0 Å². The molecule has 1 aliphatic rings. The minimum absolute atomic E-state index is 0.155. The Labute approximate surface area is 163 Å². The van der Waals surface area contributed by atoms with Crippen LogP contribution in [0.1, 0.15) is 43.4 Å². The zero-order valence-electron chi connectivity index (χ0n) is 16.8. The van der Waals surface area contributed by atoms with E-state index in [-0.39, 0.29) is 5.91 Å². The second-order valence-electron chi connectivity index (χ2n) is 7.77. The first-order chi connectivity index (χ1) is 13.2. The third-order valence-electron chi connectivity index (χ3n) is 5.85. The number of hydrogen-bond donors (Lipinski definition) is 2. The first-order valence-electron chi connectivity index (χ1n) is 10.5. The summed E-state index contributed by atoms with van der Waals surface area (Å²) in [6, 6.07) is 17.1. The third kappa shape index (κ3) is 5.43. The molecule has 1 fully saturated rings. The molecular weight excluding hydrogens is 332 g/mol. The Bertz CT molecular complexity index is 711. The number of rotatable bonds is 7. The van der Waals surface area contributed by atoms with Crippen LogP contribution in [0.3, 0.4) is 0 Å². The van der Waals surface area contributed by atoms with E-state index in [2.05, 4.69) is 67.7 Å². The smallest absolute Gasteiger partial charge is 0.279 e. The lowest BCUT2D eigenvalue weighted by Crippen LogP contribution is -3.14. The number of amides is 1. The molecule has 27 heavy (non-hydrogen) atoms. The number of aryl methyl sites for hydroxylation is 2. The molecule has 1 aliphatic heterocycles. The van der Waals surface area contributed by atoms with E-state index in [1.165, 1.54) is 40.9 Å². The molecule has 0 radical (unpaired) electrons. The van der Waals surface area contributed by atoms with Crippen LogP contribution in [0.15, 0.2) is 48.5 Å². The minimum Gasteiger partial charge on any atom is -0.327 e. The van der Waals surface area contributed by atoms with E-state index < -0.39 is 0 Å². The maximum atomic E-state index is 12.7. The van der Waals surface area contributed by atoms with Gasteiger partial charge in [0.05, 0.1) is 13.1 Å². The number of quaternary nitrogens is 1. The molecule has 0 bridgehead atoms. The van der Waals surface area contributed by atoms with Crippen molar-refractivity contribution in [3.05, 3.63) is 65.2 Å². The molecule has 2 aromatic rings. The number of carbonyl (C=O) groups excluding carboxylic acids is 1. The van der Waals surface area contributed by atoms with Crippen LogP contribution in [0.5, 0.6) is 0 Å². The van der Waals surface area contributed by atoms with Crippen LogP contribution >= 0.6 is 0 Å². The molecule has 0 saturated carbocycles. The van der Waals surface area contributed by atoms with Crippen molar-refractivity contribution in [3.8, 4) is 0 Å². The first-order valence-corrected chi connectivity index (χ1v) is 10.5. The van der Waals surface area contributed by atoms with Crippen molar-refractivity contribution in [2.75, 3.05) is 25.0 Å². The summed E-state index contributed by atoms with van der Waals surface area (Å²) in [5, 5.41) is 3.22. The van der Waals surface area contributed by atoms with Crippen LogP contribution in [0.2, 0.25) is 0 Å². The second-order valence-corrected chi connectivity index (χ2v) is 7.77. The number of carbonyl (C=O) groups is 1. The zero-order valence-corrected chi connectivity index (χ0v) is 16.8. The normalized spacial score (nSPS) is 19.6. The summed E-state index contributed by atoms with van der Waals surface area (Å²) in [5.74, 6) is 0.911. The Hall–Kier alpha value is -2.13. The zero-order chi connectivity index (χ0) is 19.1. The van der Waals surface area contributed by atoms with Crippen molar-refractivity contribution in [1.29, 1.82) is 0 Å². The largest absolute Gasteiger partial charge is 0.327 e. The van der Waals surface area contributed by atoms with Crippen molar-refractivity contribution >= 4 is 11.6 Å². The Balaban J connectivity index is 1.50. The number of hydrogen-bond acceptors (Lipinski definition) is 1. The highest BCUT2D eigenvalue weighted by atomic mass is 16.2. The maximum absolute atomic E-state index is 12.7. The maximum Gasteiger partial charge on any atom is 0.279 e. The van der Waals surface area contributed by atoms with E-state index in [9.17, 15) is 4.79 Å². The van der Waals surface area contributed by atoms with Crippen molar-refractivity contribution in [3.63, 3.8) is 0 Å². The lowest BCUT2D eigenvalue weighted by molar-refractivity contribution is -0.898. The van der Waals surface area contributed by atoms with Gasteiger partial charge in [0.1, 0.15) is 0 Å². The number of para-hydroxylation sites is 1. The molecule has 1 saturated heterocycles.